The number of aryl methyl sites for hydroxylation is 2. The normalized spacial score (nSPS) is 10.5. The number of benzene rings is 2. The lowest BCUT2D eigenvalue weighted by Gasteiger charge is -2.12. The molecule has 0 aromatic heterocycles. The van der Waals surface area contributed by atoms with Gasteiger partial charge in [0.05, 0.1) is 5.02 Å². The van der Waals surface area contributed by atoms with Gasteiger partial charge in [-0.3, -0.25) is 0 Å². The third-order valence-corrected chi connectivity index (χ3v) is 4.22. The minimum atomic E-state index is 0.331. The average molecular weight is 341 g/mol. The van der Waals surface area contributed by atoms with Crippen LogP contribution in [-0.4, -0.2) is 5.11 Å². The van der Waals surface area contributed by atoms with Crippen LogP contribution in [0, 0.1) is 13.8 Å². The number of halogens is 2. The molecule has 0 unspecified atom stereocenters. The van der Waals surface area contributed by atoms with Crippen molar-refractivity contribution in [3.05, 3.63) is 56.5 Å². The number of hydrogen-bond acceptors (Lipinski definition) is 2. The Hall–Kier alpha value is -1.19. The van der Waals surface area contributed by atoms with Gasteiger partial charge in [-0.2, -0.15) is 0 Å². The van der Waals surface area contributed by atoms with Crippen LogP contribution < -0.4 is 5.32 Å². The fourth-order valence-corrected chi connectivity index (χ4v) is 2.38. The second-order valence-electron chi connectivity index (χ2n) is 4.56. The van der Waals surface area contributed by atoms with Crippen molar-refractivity contribution in [3.8, 4) is 5.75 Å². The Morgan fingerprint density at radius 3 is 2.58 bits per heavy atom. The Bertz CT molecular complexity index is 613. The van der Waals surface area contributed by atoms with Crippen LogP contribution in [0.1, 0.15) is 16.7 Å². The smallest absolute Gasteiger partial charge is 0.118 e. The first-order chi connectivity index (χ1) is 8.97. The highest BCUT2D eigenvalue weighted by Gasteiger charge is 2.04. The lowest BCUT2D eigenvalue weighted by Crippen LogP contribution is -2.01. The summed E-state index contributed by atoms with van der Waals surface area (Å²) in [6, 6.07) is 9.59. The van der Waals surface area contributed by atoms with Crippen molar-refractivity contribution in [1.82, 2.24) is 0 Å². The Kier molecular flexibility index (Phi) is 4.38. The zero-order valence-corrected chi connectivity index (χ0v) is 13.1. The van der Waals surface area contributed by atoms with Gasteiger partial charge in [0.25, 0.3) is 0 Å². The maximum absolute atomic E-state index is 9.63. The zero-order chi connectivity index (χ0) is 14.0. The molecule has 0 aliphatic rings. The molecule has 0 heterocycles. The van der Waals surface area contributed by atoms with Gasteiger partial charge in [0.15, 0.2) is 0 Å². The maximum Gasteiger partial charge on any atom is 0.118 e. The highest BCUT2D eigenvalue weighted by molar-refractivity contribution is 9.10. The summed E-state index contributed by atoms with van der Waals surface area (Å²) in [6.07, 6.45) is 0. The fourth-order valence-electron chi connectivity index (χ4n) is 1.84. The van der Waals surface area contributed by atoms with E-state index in [2.05, 4.69) is 21.2 Å². The second kappa shape index (κ2) is 5.85. The molecule has 0 saturated carbocycles. The topological polar surface area (TPSA) is 32.3 Å². The van der Waals surface area contributed by atoms with E-state index in [1.807, 2.05) is 38.1 Å². The van der Waals surface area contributed by atoms with Gasteiger partial charge in [-0.25, -0.2) is 0 Å². The number of aromatic hydroxyl groups is 1. The van der Waals surface area contributed by atoms with Crippen molar-refractivity contribution < 1.29 is 5.11 Å². The summed E-state index contributed by atoms with van der Waals surface area (Å²) < 4.78 is 0.895. The van der Waals surface area contributed by atoms with Crippen LogP contribution in [0.2, 0.25) is 5.02 Å². The lowest BCUT2D eigenvalue weighted by molar-refractivity contribution is 0.471. The predicted octanol–water partition coefficient (Wildman–Crippen LogP) is 5.04. The molecule has 2 rings (SSSR count). The zero-order valence-electron chi connectivity index (χ0n) is 10.8. The minimum Gasteiger partial charge on any atom is -0.508 e. The molecule has 0 amide bonds. The molecule has 2 N–H and O–H groups in total. The van der Waals surface area contributed by atoms with Gasteiger partial charge in [-0.1, -0.05) is 17.7 Å². The molecule has 2 nitrogen and oxygen atoms in total. The van der Waals surface area contributed by atoms with Gasteiger partial charge in [-0.05, 0) is 70.7 Å². The van der Waals surface area contributed by atoms with E-state index >= 15 is 0 Å². The van der Waals surface area contributed by atoms with E-state index in [0.717, 1.165) is 26.9 Å². The summed E-state index contributed by atoms with van der Waals surface area (Å²) in [4.78, 5) is 0. The molecule has 4 heteroatoms. The van der Waals surface area contributed by atoms with E-state index in [-0.39, 0.29) is 0 Å². The number of nitrogens with one attached hydrogen (secondary N) is 1. The Balaban J connectivity index is 2.14. The Labute approximate surface area is 126 Å². The van der Waals surface area contributed by atoms with Gasteiger partial charge >= 0.3 is 0 Å². The number of rotatable bonds is 3. The van der Waals surface area contributed by atoms with E-state index in [1.54, 1.807) is 6.07 Å². The SMILES string of the molecule is Cc1cc(NCc2ccc(Cl)c(Br)c2)c(C)cc1O. The number of anilines is 1. The fraction of sp³-hybridized carbons (Fsp3) is 0.200. The first kappa shape index (κ1) is 14.2. The first-order valence-corrected chi connectivity index (χ1v) is 7.12. The molecule has 2 aromatic carbocycles. The van der Waals surface area contributed by atoms with Gasteiger partial charge in [0.1, 0.15) is 5.75 Å². The summed E-state index contributed by atoms with van der Waals surface area (Å²) >= 11 is 9.38. The van der Waals surface area contributed by atoms with Gasteiger partial charge in [0.2, 0.25) is 0 Å². The minimum absolute atomic E-state index is 0.331. The van der Waals surface area contributed by atoms with Crippen LogP contribution in [0.15, 0.2) is 34.8 Å². The molecule has 0 spiro atoms. The van der Waals surface area contributed by atoms with Gasteiger partial charge in [0, 0.05) is 16.7 Å². The van der Waals surface area contributed by atoms with Crippen molar-refractivity contribution in [3.63, 3.8) is 0 Å². The first-order valence-electron chi connectivity index (χ1n) is 5.95. The number of phenolic OH excluding ortho intramolecular Hbond substituents is 1. The molecule has 19 heavy (non-hydrogen) atoms. The maximum atomic E-state index is 9.63. The third-order valence-electron chi connectivity index (χ3n) is 3.01. The van der Waals surface area contributed by atoms with Crippen molar-refractivity contribution in [1.29, 1.82) is 0 Å². The van der Waals surface area contributed by atoms with Crippen LogP contribution >= 0.6 is 27.5 Å². The summed E-state index contributed by atoms with van der Waals surface area (Å²) in [6.45, 7) is 4.57. The van der Waals surface area contributed by atoms with Gasteiger partial charge in [-0.15, -0.1) is 0 Å². The molecular weight excluding hydrogens is 326 g/mol. The van der Waals surface area contributed by atoms with Crippen molar-refractivity contribution in [2.75, 3.05) is 5.32 Å². The molecule has 100 valence electrons. The molecule has 0 atom stereocenters. The Morgan fingerprint density at radius 2 is 1.89 bits per heavy atom. The number of hydrogen-bond donors (Lipinski definition) is 2. The monoisotopic (exact) mass is 339 g/mol. The van der Waals surface area contributed by atoms with Crippen LogP contribution in [-0.2, 0) is 6.54 Å². The van der Waals surface area contributed by atoms with E-state index in [0.29, 0.717) is 17.3 Å². The van der Waals surface area contributed by atoms with Crippen LogP contribution in [0.4, 0.5) is 5.69 Å². The molecule has 0 bridgehead atoms. The summed E-state index contributed by atoms with van der Waals surface area (Å²) in [5.74, 6) is 0.331. The molecule has 0 aliphatic heterocycles. The van der Waals surface area contributed by atoms with Crippen molar-refractivity contribution in [2.45, 2.75) is 20.4 Å². The Morgan fingerprint density at radius 1 is 1.16 bits per heavy atom. The molecule has 0 radical (unpaired) electrons. The van der Waals surface area contributed by atoms with Gasteiger partial charge < -0.3 is 10.4 Å². The van der Waals surface area contributed by atoms with Crippen molar-refractivity contribution in [2.24, 2.45) is 0 Å². The van der Waals surface area contributed by atoms with E-state index < -0.39 is 0 Å². The summed E-state index contributed by atoms with van der Waals surface area (Å²) in [5.41, 5.74) is 4.06. The predicted molar refractivity (Wildman–Crippen MR) is 84.1 cm³/mol. The number of phenols is 1. The van der Waals surface area contributed by atoms with E-state index in [1.165, 1.54) is 0 Å². The summed E-state index contributed by atoms with van der Waals surface area (Å²) in [7, 11) is 0. The van der Waals surface area contributed by atoms with Crippen molar-refractivity contribution >= 4 is 33.2 Å². The highest BCUT2D eigenvalue weighted by atomic mass is 79.9. The second-order valence-corrected chi connectivity index (χ2v) is 5.82. The average Bonchev–Trinajstić information content (AvgIpc) is 2.36. The van der Waals surface area contributed by atoms with Crippen LogP contribution in [0.25, 0.3) is 0 Å². The lowest BCUT2D eigenvalue weighted by atomic mass is 10.1. The quantitative estimate of drug-likeness (QED) is 0.767. The molecule has 0 saturated heterocycles. The molecule has 0 aliphatic carbocycles. The molecular formula is C15H15BrClNO. The largest absolute Gasteiger partial charge is 0.508 e. The summed E-state index contributed by atoms with van der Waals surface area (Å²) in [5, 5.41) is 13.7. The van der Waals surface area contributed by atoms with E-state index in [9.17, 15) is 5.11 Å². The van der Waals surface area contributed by atoms with Crippen LogP contribution in [0.3, 0.4) is 0 Å². The highest BCUT2D eigenvalue weighted by Crippen LogP contribution is 2.26. The molecule has 2 aromatic rings. The standard InChI is InChI=1S/C15H15BrClNO/c1-9-6-15(19)10(2)5-14(9)18-8-11-3-4-13(17)12(16)7-11/h3-7,18-19H,8H2,1-2H3. The van der Waals surface area contributed by atoms with Crippen LogP contribution in [0.5, 0.6) is 5.75 Å². The molecule has 0 fully saturated rings. The van der Waals surface area contributed by atoms with E-state index in [4.69, 9.17) is 11.6 Å². The third kappa shape index (κ3) is 3.43.